The van der Waals surface area contributed by atoms with Gasteiger partial charge >= 0.3 is 0 Å². The second-order valence-electron chi connectivity index (χ2n) is 5.98. The first-order valence-corrected chi connectivity index (χ1v) is 8.67. The zero-order valence-electron chi connectivity index (χ0n) is 14.3. The van der Waals surface area contributed by atoms with Gasteiger partial charge in [0.05, 0.1) is 11.6 Å². The Bertz CT molecular complexity index is 923. The van der Waals surface area contributed by atoms with E-state index in [1.807, 2.05) is 31.2 Å². The minimum atomic E-state index is -0.402. The van der Waals surface area contributed by atoms with E-state index in [1.165, 1.54) is 0 Å². The number of carbonyl (C=O) groups is 1. The molecule has 3 aromatic rings. The number of rotatable bonds is 7. The molecule has 2 N–H and O–H groups in total. The van der Waals surface area contributed by atoms with Crippen LogP contribution in [0.4, 0.5) is 0 Å². The van der Waals surface area contributed by atoms with Crippen molar-refractivity contribution in [2.75, 3.05) is 6.61 Å². The summed E-state index contributed by atoms with van der Waals surface area (Å²) in [5.74, 6) is 0.670. The molecule has 0 bridgehead atoms. The lowest BCUT2D eigenvalue weighted by molar-refractivity contribution is -0.129. The highest BCUT2D eigenvalue weighted by Crippen LogP contribution is 2.32. The molecular formula is C19H19ClN2O4. The van der Waals surface area contributed by atoms with E-state index in [9.17, 15) is 4.79 Å². The Morgan fingerprint density at radius 3 is 2.88 bits per heavy atom. The molecule has 2 aromatic carbocycles. The van der Waals surface area contributed by atoms with Crippen LogP contribution in [0.3, 0.4) is 0 Å². The van der Waals surface area contributed by atoms with Crippen molar-refractivity contribution in [2.45, 2.75) is 26.2 Å². The number of oxazole rings is 1. The van der Waals surface area contributed by atoms with Crippen molar-refractivity contribution in [2.24, 2.45) is 0 Å². The summed E-state index contributed by atoms with van der Waals surface area (Å²) in [7, 11) is 0. The van der Waals surface area contributed by atoms with Crippen LogP contribution in [-0.4, -0.2) is 22.7 Å². The molecule has 6 nitrogen and oxygen atoms in total. The number of unbranched alkanes of at least 4 members (excludes halogenated alkanes) is 1. The molecule has 0 spiro atoms. The summed E-state index contributed by atoms with van der Waals surface area (Å²) in [5.41, 5.74) is 5.02. The predicted molar refractivity (Wildman–Crippen MR) is 98.5 cm³/mol. The minimum Gasteiger partial charge on any atom is -0.492 e. The summed E-state index contributed by atoms with van der Waals surface area (Å²) in [5, 5.41) is 8.89. The number of amides is 1. The van der Waals surface area contributed by atoms with Gasteiger partial charge in [0.15, 0.2) is 5.58 Å². The lowest BCUT2D eigenvalue weighted by Crippen LogP contribution is -2.18. The van der Waals surface area contributed by atoms with Gasteiger partial charge in [-0.25, -0.2) is 10.5 Å². The van der Waals surface area contributed by atoms with Crippen LogP contribution in [-0.2, 0) is 4.79 Å². The van der Waals surface area contributed by atoms with Gasteiger partial charge in [0, 0.05) is 12.0 Å². The Hall–Kier alpha value is -2.57. The molecule has 136 valence electrons. The van der Waals surface area contributed by atoms with Gasteiger partial charge in [0.2, 0.25) is 11.8 Å². The third-order valence-corrected chi connectivity index (χ3v) is 4.20. The van der Waals surface area contributed by atoms with E-state index in [2.05, 4.69) is 4.98 Å². The summed E-state index contributed by atoms with van der Waals surface area (Å²) in [6, 6.07) is 11.2. The molecule has 0 aliphatic heterocycles. The van der Waals surface area contributed by atoms with Crippen molar-refractivity contribution in [1.82, 2.24) is 10.5 Å². The average Bonchev–Trinajstić information content (AvgIpc) is 3.05. The first-order chi connectivity index (χ1) is 12.6. The normalized spacial score (nSPS) is 10.9. The third-order valence-electron chi connectivity index (χ3n) is 3.90. The smallest absolute Gasteiger partial charge is 0.243 e. The second kappa shape index (κ2) is 8.21. The van der Waals surface area contributed by atoms with Crippen molar-refractivity contribution in [3.63, 3.8) is 0 Å². The van der Waals surface area contributed by atoms with E-state index in [1.54, 1.807) is 17.6 Å². The monoisotopic (exact) mass is 374 g/mol. The highest BCUT2D eigenvalue weighted by atomic mass is 35.5. The van der Waals surface area contributed by atoms with Crippen LogP contribution in [0.2, 0.25) is 5.02 Å². The van der Waals surface area contributed by atoms with E-state index < -0.39 is 5.91 Å². The Labute approximate surface area is 155 Å². The molecule has 0 radical (unpaired) electrons. The lowest BCUT2D eigenvalue weighted by atomic mass is 10.2. The number of hydrogen-bond acceptors (Lipinski definition) is 5. The van der Waals surface area contributed by atoms with Crippen molar-refractivity contribution in [3.05, 3.63) is 47.0 Å². The van der Waals surface area contributed by atoms with Crippen LogP contribution in [0.15, 0.2) is 40.8 Å². The molecule has 0 fully saturated rings. The molecule has 7 heteroatoms. The number of fused-ring (bicyclic) bond motifs is 1. The van der Waals surface area contributed by atoms with Crippen LogP contribution in [0.5, 0.6) is 5.75 Å². The molecule has 0 saturated heterocycles. The van der Waals surface area contributed by atoms with E-state index in [-0.39, 0.29) is 6.42 Å². The SMILES string of the molecule is Cc1ccc2nc(-c3ccc(OCCCCC(=O)NO)c(Cl)c3)oc2c1. The van der Waals surface area contributed by atoms with E-state index in [0.29, 0.717) is 36.1 Å². The maximum atomic E-state index is 10.9. The van der Waals surface area contributed by atoms with E-state index in [4.69, 9.17) is 26.0 Å². The highest BCUT2D eigenvalue weighted by molar-refractivity contribution is 6.32. The number of halogens is 1. The largest absolute Gasteiger partial charge is 0.492 e. The number of carbonyl (C=O) groups excluding carboxylic acids is 1. The molecule has 0 unspecified atom stereocenters. The summed E-state index contributed by atoms with van der Waals surface area (Å²) in [6.07, 6.45) is 1.55. The first-order valence-electron chi connectivity index (χ1n) is 8.29. The van der Waals surface area contributed by atoms with Crippen LogP contribution in [0.1, 0.15) is 24.8 Å². The lowest BCUT2D eigenvalue weighted by Gasteiger charge is -2.08. The zero-order valence-corrected chi connectivity index (χ0v) is 15.0. The fourth-order valence-corrected chi connectivity index (χ4v) is 2.77. The summed E-state index contributed by atoms with van der Waals surface area (Å²) < 4.78 is 11.4. The Kier molecular flexibility index (Phi) is 5.75. The molecule has 0 atom stereocenters. The van der Waals surface area contributed by atoms with Gasteiger partial charge in [-0.05, 0) is 55.7 Å². The molecule has 0 saturated carbocycles. The van der Waals surface area contributed by atoms with Crippen molar-refractivity contribution >= 4 is 28.6 Å². The number of hydroxylamine groups is 1. The summed E-state index contributed by atoms with van der Waals surface area (Å²) in [6.45, 7) is 2.43. The van der Waals surface area contributed by atoms with Gasteiger partial charge in [-0.15, -0.1) is 0 Å². The van der Waals surface area contributed by atoms with Gasteiger partial charge in [-0.1, -0.05) is 17.7 Å². The van der Waals surface area contributed by atoms with Gasteiger partial charge in [0.25, 0.3) is 0 Å². The maximum absolute atomic E-state index is 10.9. The number of nitrogens with zero attached hydrogens (tertiary/aromatic N) is 1. The number of benzene rings is 2. The van der Waals surface area contributed by atoms with Crippen LogP contribution in [0, 0.1) is 6.92 Å². The quantitative estimate of drug-likeness (QED) is 0.361. The minimum absolute atomic E-state index is 0.254. The van der Waals surface area contributed by atoms with Crippen molar-refractivity contribution in [1.29, 1.82) is 0 Å². The van der Waals surface area contributed by atoms with Crippen LogP contribution < -0.4 is 10.2 Å². The number of nitrogens with one attached hydrogen (secondary N) is 1. The molecule has 1 heterocycles. The highest BCUT2D eigenvalue weighted by Gasteiger charge is 2.11. The molecule has 26 heavy (non-hydrogen) atoms. The van der Waals surface area contributed by atoms with Gasteiger partial charge < -0.3 is 9.15 Å². The van der Waals surface area contributed by atoms with Gasteiger partial charge in [0.1, 0.15) is 11.3 Å². The second-order valence-corrected chi connectivity index (χ2v) is 6.38. The molecule has 1 aromatic heterocycles. The molecule has 0 aliphatic rings. The first kappa shape index (κ1) is 18.2. The van der Waals surface area contributed by atoms with Crippen LogP contribution >= 0.6 is 11.6 Å². The van der Waals surface area contributed by atoms with E-state index in [0.717, 1.165) is 22.2 Å². The van der Waals surface area contributed by atoms with Gasteiger partial charge in [-0.3, -0.25) is 10.0 Å². The van der Waals surface area contributed by atoms with E-state index >= 15 is 0 Å². The summed E-state index contributed by atoms with van der Waals surface area (Å²) >= 11 is 6.30. The Balaban J connectivity index is 1.64. The topological polar surface area (TPSA) is 84.6 Å². The fourth-order valence-electron chi connectivity index (χ4n) is 2.53. The molecule has 1 amide bonds. The maximum Gasteiger partial charge on any atom is 0.243 e. The number of aromatic nitrogens is 1. The fraction of sp³-hybridized carbons (Fsp3) is 0.263. The standard InChI is InChI=1S/C19H19ClN2O4/c1-12-5-7-15-17(10-12)26-19(21-15)13-6-8-16(14(20)11-13)25-9-3-2-4-18(23)22-24/h5-8,10-11,24H,2-4,9H2,1H3,(H,22,23). The summed E-state index contributed by atoms with van der Waals surface area (Å²) in [4.78, 5) is 15.4. The molecular weight excluding hydrogens is 356 g/mol. The van der Waals surface area contributed by atoms with Crippen LogP contribution in [0.25, 0.3) is 22.6 Å². The predicted octanol–water partition coefficient (Wildman–Crippen LogP) is 4.51. The number of hydrogen-bond donors (Lipinski definition) is 2. The van der Waals surface area contributed by atoms with Gasteiger partial charge in [-0.2, -0.15) is 0 Å². The van der Waals surface area contributed by atoms with Crippen molar-refractivity contribution in [3.8, 4) is 17.2 Å². The number of ether oxygens (including phenoxy) is 1. The average molecular weight is 375 g/mol. The molecule has 3 rings (SSSR count). The van der Waals surface area contributed by atoms with Crippen molar-refractivity contribution < 1.29 is 19.2 Å². The Morgan fingerprint density at radius 1 is 1.27 bits per heavy atom. The number of aryl methyl sites for hydroxylation is 1. The third kappa shape index (κ3) is 4.33. The Morgan fingerprint density at radius 2 is 2.12 bits per heavy atom. The zero-order chi connectivity index (χ0) is 18.5. The molecule has 0 aliphatic carbocycles.